The van der Waals surface area contributed by atoms with Crippen molar-refractivity contribution in [2.24, 2.45) is 0 Å². The third-order valence-electron chi connectivity index (χ3n) is 3.94. The van der Waals surface area contributed by atoms with E-state index in [9.17, 15) is 9.59 Å². The normalized spacial score (nSPS) is 16.7. The fourth-order valence-electron chi connectivity index (χ4n) is 2.81. The van der Waals surface area contributed by atoms with E-state index in [4.69, 9.17) is 14.2 Å². The number of carbonyl (C=O) groups is 2. The highest BCUT2D eigenvalue weighted by Crippen LogP contribution is 2.31. The lowest BCUT2D eigenvalue weighted by Crippen LogP contribution is -2.38. The molecular formula is C16H18N2O5. The minimum atomic E-state index is -0.599. The Morgan fingerprint density at radius 2 is 2.00 bits per heavy atom. The maximum absolute atomic E-state index is 12.2. The van der Waals surface area contributed by atoms with Crippen LogP contribution >= 0.6 is 0 Å². The molecule has 0 aromatic heterocycles. The molecule has 2 aliphatic rings. The van der Waals surface area contributed by atoms with E-state index < -0.39 is 11.9 Å². The topological polar surface area (TPSA) is 77.1 Å². The van der Waals surface area contributed by atoms with Gasteiger partial charge in [-0.25, -0.2) is 9.59 Å². The van der Waals surface area contributed by atoms with Crippen LogP contribution in [-0.2, 0) is 30.2 Å². The molecule has 1 aromatic carbocycles. The zero-order valence-corrected chi connectivity index (χ0v) is 13.0. The summed E-state index contributed by atoms with van der Waals surface area (Å²) in [6, 6.07) is 5.82. The third kappa shape index (κ3) is 2.75. The van der Waals surface area contributed by atoms with Crippen molar-refractivity contribution in [3.05, 3.63) is 35.0 Å². The van der Waals surface area contributed by atoms with Gasteiger partial charge in [-0.1, -0.05) is 0 Å². The van der Waals surface area contributed by atoms with Crippen LogP contribution in [0.1, 0.15) is 5.56 Å². The van der Waals surface area contributed by atoms with E-state index in [2.05, 4.69) is 5.32 Å². The van der Waals surface area contributed by atoms with Gasteiger partial charge in [-0.05, 0) is 30.2 Å². The zero-order chi connectivity index (χ0) is 16.4. The van der Waals surface area contributed by atoms with E-state index in [1.54, 1.807) is 4.90 Å². The van der Waals surface area contributed by atoms with Gasteiger partial charge in [0.25, 0.3) is 0 Å². The molecule has 0 saturated carbocycles. The van der Waals surface area contributed by atoms with Crippen LogP contribution in [-0.4, -0.2) is 46.0 Å². The average molecular weight is 318 g/mol. The van der Waals surface area contributed by atoms with Gasteiger partial charge in [-0.2, -0.15) is 0 Å². The summed E-state index contributed by atoms with van der Waals surface area (Å²) >= 11 is 0. The standard InChI is InChI=1S/C16H18N2O5/c1-21-15(19)12-8-23-9-18(14(12)16(20)22-2)11-3-4-13-10(7-11)5-6-17-13/h3-4,7,17H,5-6,8-9H2,1-2H3. The summed E-state index contributed by atoms with van der Waals surface area (Å²) in [6.45, 7) is 1.07. The average Bonchev–Trinajstić information content (AvgIpc) is 3.07. The molecule has 0 saturated heterocycles. The number of methoxy groups -OCH3 is 2. The number of hydrogen-bond donors (Lipinski definition) is 1. The van der Waals surface area contributed by atoms with Crippen molar-refractivity contribution in [3.8, 4) is 0 Å². The Hall–Kier alpha value is -2.54. The first-order valence-corrected chi connectivity index (χ1v) is 7.27. The van der Waals surface area contributed by atoms with Crippen molar-refractivity contribution >= 4 is 23.3 Å². The highest BCUT2D eigenvalue weighted by atomic mass is 16.5. The minimum absolute atomic E-state index is 0.0140. The van der Waals surface area contributed by atoms with Crippen LogP contribution in [0.15, 0.2) is 29.5 Å². The van der Waals surface area contributed by atoms with Crippen LogP contribution in [0.3, 0.4) is 0 Å². The molecule has 0 amide bonds. The largest absolute Gasteiger partial charge is 0.466 e. The number of nitrogens with zero attached hydrogens (tertiary/aromatic N) is 1. The van der Waals surface area contributed by atoms with Gasteiger partial charge in [0.2, 0.25) is 0 Å². The molecule has 122 valence electrons. The van der Waals surface area contributed by atoms with E-state index in [-0.39, 0.29) is 24.6 Å². The third-order valence-corrected chi connectivity index (χ3v) is 3.94. The molecule has 7 nitrogen and oxygen atoms in total. The maximum atomic E-state index is 12.2. The fourth-order valence-corrected chi connectivity index (χ4v) is 2.81. The molecule has 0 spiro atoms. The summed E-state index contributed by atoms with van der Waals surface area (Å²) < 4.78 is 15.1. The second kappa shape index (κ2) is 6.29. The van der Waals surface area contributed by atoms with Gasteiger partial charge in [0.05, 0.1) is 26.4 Å². The second-order valence-electron chi connectivity index (χ2n) is 5.23. The lowest BCUT2D eigenvalue weighted by atomic mass is 10.1. The van der Waals surface area contributed by atoms with E-state index >= 15 is 0 Å². The van der Waals surface area contributed by atoms with Gasteiger partial charge >= 0.3 is 11.9 Å². The summed E-state index contributed by atoms with van der Waals surface area (Å²) in [4.78, 5) is 25.8. The zero-order valence-electron chi connectivity index (χ0n) is 13.0. The van der Waals surface area contributed by atoms with Crippen molar-refractivity contribution in [2.75, 3.05) is 44.3 Å². The molecule has 1 aromatic rings. The lowest BCUT2D eigenvalue weighted by molar-refractivity contribution is -0.140. The van der Waals surface area contributed by atoms with Crippen molar-refractivity contribution in [3.63, 3.8) is 0 Å². The Balaban J connectivity index is 2.05. The van der Waals surface area contributed by atoms with Crippen LogP contribution in [0.5, 0.6) is 0 Å². The molecule has 0 radical (unpaired) electrons. The molecule has 0 bridgehead atoms. The Morgan fingerprint density at radius 3 is 2.74 bits per heavy atom. The van der Waals surface area contributed by atoms with Gasteiger partial charge < -0.3 is 24.4 Å². The molecule has 3 rings (SSSR count). The Bertz CT molecular complexity index is 683. The van der Waals surface area contributed by atoms with E-state index in [0.717, 1.165) is 29.9 Å². The van der Waals surface area contributed by atoms with Crippen LogP contribution in [0.25, 0.3) is 0 Å². The van der Waals surface area contributed by atoms with Crippen LogP contribution in [0.2, 0.25) is 0 Å². The number of carbonyl (C=O) groups excluding carboxylic acids is 2. The summed E-state index contributed by atoms with van der Waals surface area (Å²) in [7, 11) is 2.55. The van der Waals surface area contributed by atoms with E-state index in [1.807, 2.05) is 18.2 Å². The molecule has 0 atom stereocenters. The monoisotopic (exact) mass is 318 g/mol. The summed E-state index contributed by atoms with van der Waals surface area (Å²) in [6.07, 6.45) is 0.916. The number of benzene rings is 1. The molecule has 0 fully saturated rings. The molecule has 23 heavy (non-hydrogen) atoms. The number of nitrogens with one attached hydrogen (secondary N) is 1. The second-order valence-corrected chi connectivity index (χ2v) is 5.23. The quantitative estimate of drug-likeness (QED) is 0.835. The molecule has 2 heterocycles. The SMILES string of the molecule is COC(=O)C1=C(C(=O)OC)N(c2ccc3c(c2)CCN3)COC1. The lowest BCUT2D eigenvalue weighted by Gasteiger charge is -2.31. The first-order valence-electron chi connectivity index (χ1n) is 7.27. The van der Waals surface area contributed by atoms with Gasteiger partial charge in [0.15, 0.2) is 0 Å². The Labute approximate surface area is 133 Å². The highest BCUT2D eigenvalue weighted by Gasteiger charge is 2.32. The number of anilines is 2. The van der Waals surface area contributed by atoms with Gasteiger partial charge in [-0.15, -0.1) is 0 Å². The van der Waals surface area contributed by atoms with Gasteiger partial charge in [0.1, 0.15) is 12.4 Å². The molecule has 0 aliphatic carbocycles. The smallest absolute Gasteiger partial charge is 0.355 e. The number of rotatable bonds is 3. The summed E-state index contributed by atoms with van der Waals surface area (Å²) in [5.74, 6) is -1.19. The van der Waals surface area contributed by atoms with Crippen molar-refractivity contribution in [1.29, 1.82) is 0 Å². The first-order chi connectivity index (χ1) is 11.2. The summed E-state index contributed by atoms with van der Waals surface area (Å²) in [5, 5.41) is 3.28. The van der Waals surface area contributed by atoms with Crippen LogP contribution in [0, 0.1) is 0 Å². The van der Waals surface area contributed by atoms with Gasteiger partial charge in [0, 0.05) is 17.9 Å². The fraction of sp³-hybridized carbons (Fsp3) is 0.375. The van der Waals surface area contributed by atoms with Crippen molar-refractivity contribution in [2.45, 2.75) is 6.42 Å². The van der Waals surface area contributed by atoms with Crippen molar-refractivity contribution in [1.82, 2.24) is 0 Å². The van der Waals surface area contributed by atoms with Crippen LogP contribution < -0.4 is 10.2 Å². The summed E-state index contributed by atoms with van der Waals surface area (Å²) in [5.41, 5.74) is 3.34. The number of esters is 2. The minimum Gasteiger partial charge on any atom is -0.466 e. The highest BCUT2D eigenvalue weighted by molar-refractivity contribution is 6.03. The molecule has 1 N–H and O–H groups in total. The van der Waals surface area contributed by atoms with E-state index in [1.165, 1.54) is 14.2 Å². The molecule has 7 heteroatoms. The molecular weight excluding hydrogens is 300 g/mol. The predicted molar refractivity (Wildman–Crippen MR) is 83.0 cm³/mol. The predicted octanol–water partition coefficient (Wildman–Crippen LogP) is 1.05. The number of ether oxygens (including phenoxy) is 3. The number of fused-ring (bicyclic) bond motifs is 1. The number of hydrogen-bond acceptors (Lipinski definition) is 7. The van der Waals surface area contributed by atoms with Gasteiger partial charge in [-0.3, -0.25) is 0 Å². The Kier molecular flexibility index (Phi) is 4.20. The Morgan fingerprint density at radius 1 is 1.22 bits per heavy atom. The first kappa shape index (κ1) is 15.4. The molecule has 0 unspecified atom stereocenters. The molecule has 2 aliphatic heterocycles. The van der Waals surface area contributed by atoms with Crippen LogP contribution in [0.4, 0.5) is 11.4 Å². The van der Waals surface area contributed by atoms with Crippen molar-refractivity contribution < 1.29 is 23.8 Å². The van der Waals surface area contributed by atoms with E-state index in [0.29, 0.717) is 0 Å². The maximum Gasteiger partial charge on any atom is 0.355 e.